The maximum absolute atomic E-state index is 11.8. The van der Waals surface area contributed by atoms with Crippen LogP contribution in [0.4, 0.5) is 0 Å². The van der Waals surface area contributed by atoms with Crippen molar-refractivity contribution in [3.05, 3.63) is 46.3 Å². The SMILES string of the molecule is CCOC(=O)C(C)(Cc1ccccc1)N=[N+]=[N-]. The smallest absolute Gasteiger partial charge is 0.318 e. The molecule has 1 aromatic carbocycles. The van der Waals surface area contributed by atoms with Crippen LogP contribution in [0.25, 0.3) is 10.4 Å². The Labute approximate surface area is 100 Å². The van der Waals surface area contributed by atoms with Gasteiger partial charge in [0.1, 0.15) is 5.54 Å². The van der Waals surface area contributed by atoms with Crippen molar-refractivity contribution >= 4 is 5.97 Å². The van der Waals surface area contributed by atoms with Gasteiger partial charge in [0, 0.05) is 4.91 Å². The van der Waals surface area contributed by atoms with E-state index < -0.39 is 11.5 Å². The van der Waals surface area contributed by atoms with Crippen LogP contribution in [0, 0.1) is 0 Å². The third kappa shape index (κ3) is 3.50. The Morgan fingerprint density at radius 3 is 2.65 bits per heavy atom. The molecule has 0 saturated heterocycles. The molecule has 0 spiro atoms. The summed E-state index contributed by atoms with van der Waals surface area (Å²) in [5.41, 5.74) is 8.29. The summed E-state index contributed by atoms with van der Waals surface area (Å²) < 4.78 is 4.93. The minimum absolute atomic E-state index is 0.268. The normalized spacial score (nSPS) is 13.3. The summed E-state index contributed by atoms with van der Waals surface area (Å²) in [4.78, 5) is 14.5. The van der Waals surface area contributed by atoms with Crippen molar-refractivity contribution < 1.29 is 9.53 Å². The molecular weight excluding hydrogens is 218 g/mol. The lowest BCUT2D eigenvalue weighted by Crippen LogP contribution is -2.37. The Hall–Kier alpha value is -2.00. The average molecular weight is 233 g/mol. The molecule has 0 saturated carbocycles. The summed E-state index contributed by atoms with van der Waals surface area (Å²) in [6.07, 6.45) is 0.330. The lowest BCUT2D eigenvalue weighted by molar-refractivity contribution is -0.148. The van der Waals surface area contributed by atoms with Gasteiger partial charge in [-0.3, -0.25) is 4.79 Å². The van der Waals surface area contributed by atoms with Gasteiger partial charge in [0.15, 0.2) is 0 Å². The second-order valence-corrected chi connectivity index (χ2v) is 3.85. The van der Waals surface area contributed by atoms with Crippen molar-refractivity contribution in [2.75, 3.05) is 6.61 Å². The number of carbonyl (C=O) groups is 1. The van der Waals surface area contributed by atoms with E-state index in [1.807, 2.05) is 30.3 Å². The Morgan fingerprint density at radius 2 is 2.12 bits per heavy atom. The Morgan fingerprint density at radius 1 is 1.47 bits per heavy atom. The summed E-state index contributed by atoms with van der Waals surface area (Å²) in [6, 6.07) is 9.39. The van der Waals surface area contributed by atoms with Crippen molar-refractivity contribution in [3.8, 4) is 0 Å². The first-order valence-corrected chi connectivity index (χ1v) is 5.40. The fraction of sp³-hybridized carbons (Fsp3) is 0.417. The molecule has 1 unspecified atom stereocenters. The first-order valence-electron chi connectivity index (χ1n) is 5.40. The van der Waals surface area contributed by atoms with Crippen LogP contribution in [0.5, 0.6) is 0 Å². The number of nitrogens with zero attached hydrogens (tertiary/aromatic N) is 3. The first kappa shape index (κ1) is 13.1. The number of carbonyl (C=O) groups excluding carboxylic acids is 1. The van der Waals surface area contributed by atoms with Crippen LogP contribution in [-0.4, -0.2) is 18.1 Å². The fourth-order valence-electron chi connectivity index (χ4n) is 1.53. The van der Waals surface area contributed by atoms with E-state index in [1.54, 1.807) is 13.8 Å². The monoisotopic (exact) mass is 233 g/mol. The minimum Gasteiger partial charge on any atom is -0.465 e. The number of benzene rings is 1. The molecule has 0 bridgehead atoms. The number of hydrogen-bond acceptors (Lipinski definition) is 3. The van der Waals surface area contributed by atoms with Crippen LogP contribution in [-0.2, 0) is 16.0 Å². The Balaban J connectivity index is 2.93. The average Bonchev–Trinajstić information content (AvgIpc) is 2.31. The summed E-state index contributed by atoms with van der Waals surface area (Å²) in [6.45, 7) is 3.57. The van der Waals surface area contributed by atoms with Gasteiger partial charge >= 0.3 is 5.97 Å². The number of rotatable bonds is 5. The van der Waals surface area contributed by atoms with Crippen molar-refractivity contribution in [1.29, 1.82) is 0 Å². The van der Waals surface area contributed by atoms with Gasteiger partial charge in [0.25, 0.3) is 0 Å². The van der Waals surface area contributed by atoms with E-state index in [0.717, 1.165) is 5.56 Å². The second-order valence-electron chi connectivity index (χ2n) is 3.85. The summed E-state index contributed by atoms with van der Waals surface area (Å²) in [5.74, 6) is -0.498. The van der Waals surface area contributed by atoms with Crippen LogP contribution in [0.2, 0.25) is 0 Å². The van der Waals surface area contributed by atoms with E-state index in [9.17, 15) is 4.79 Å². The van der Waals surface area contributed by atoms with E-state index in [1.165, 1.54) is 0 Å². The molecule has 1 atom stereocenters. The first-order chi connectivity index (χ1) is 8.12. The van der Waals surface area contributed by atoms with E-state index in [0.29, 0.717) is 6.42 Å². The lowest BCUT2D eigenvalue weighted by Gasteiger charge is -2.21. The summed E-state index contributed by atoms with van der Waals surface area (Å²) in [5, 5.41) is 3.58. The molecule has 90 valence electrons. The predicted molar refractivity (Wildman–Crippen MR) is 64.3 cm³/mol. The van der Waals surface area contributed by atoms with Gasteiger partial charge in [0.05, 0.1) is 6.61 Å². The molecule has 0 amide bonds. The Bertz CT molecular complexity index is 427. The third-order valence-corrected chi connectivity index (χ3v) is 2.37. The van der Waals surface area contributed by atoms with Crippen LogP contribution in [0.15, 0.2) is 35.4 Å². The minimum atomic E-state index is -1.19. The van der Waals surface area contributed by atoms with Crippen molar-refractivity contribution in [3.63, 3.8) is 0 Å². The zero-order valence-corrected chi connectivity index (χ0v) is 9.96. The van der Waals surface area contributed by atoms with Gasteiger partial charge in [0.2, 0.25) is 0 Å². The van der Waals surface area contributed by atoms with Gasteiger partial charge in [-0.25, -0.2) is 0 Å². The van der Waals surface area contributed by atoms with Gasteiger partial charge < -0.3 is 4.74 Å². The van der Waals surface area contributed by atoms with E-state index >= 15 is 0 Å². The number of esters is 1. The molecule has 5 nitrogen and oxygen atoms in total. The van der Waals surface area contributed by atoms with Crippen LogP contribution in [0.1, 0.15) is 19.4 Å². The van der Waals surface area contributed by atoms with Gasteiger partial charge in [-0.05, 0) is 31.4 Å². The number of azide groups is 1. The van der Waals surface area contributed by atoms with Crippen LogP contribution >= 0.6 is 0 Å². The standard InChI is InChI=1S/C12H15N3O2/c1-3-17-11(16)12(2,14-15-13)9-10-7-5-4-6-8-10/h4-8H,3,9H2,1-2H3. The van der Waals surface area contributed by atoms with Crippen LogP contribution < -0.4 is 0 Å². The topological polar surface area (TPSA) is 75.1 Å². The number of hydrogen-bond donors (Lipinski definition) is 0. The lowest BCUT2D eigenvalue weighted by atomic mass is 9.94. The van der Waals surface area contributed by atoms with Gasteiger partial charge in [-0.1, -0.05) is 35.4 Å². The molecule has 0 aliphatic rings. The maximum atomic E-state index is 11.8. The molecule has 5 heteroatoms. The van der Waals surface area contributed by atoms with E-state index in [4.69, 9.17) is 10.3 Å². The highest BCUT2D eigenvalue weighted by atomic mass is 16.5. The molecule has 0 radical (unpaired) electrons. The maximum Gasteiger partial charge on any atom is 0.318 e. The predicted octanol–water partition coefficient (Wildman–Crippen LogP) is 2.86. The molecule has 1 aromatic rings. The highest BCUT2D eigenvalue weighted by Crippen LogP contribution is 2.20. The largest absolute Gasteiger partial charge is 0.465 e. The summed E-state index contributed by atoms with van der Waals surface area (Å²) in [7, 11) is 0. The van der Waals surface area contributed by atoms with Gasteiger partial charge in [-0.15, -0.1) is 0 Å². The number of ether oxygens (including phenoxy) is 1. The Kier molecular flexibility index (Phi) is 4.55. The van der Waals surface area contributed by atoms with Gasteiger partial charge in [-0.2, -0.15) is 0 Å². The molecule has 0 aliphatic carbocycles. The molecular formula is C12H15N3O2. The van der Waals surface area contributed by atoms with Crippen LogP contribution in [0.3, 0.4) is 0 Å². The molecule has 0 aliphatic heterocycles. The quantitative estimate of drug-likeness (QED) is 0.339. The fourth-order valence-corrected chi connectivity index (χ4v) is 1.53. The molecule has 1 rings (SSSR count). The van der Waals surface area contributed by atoms with E-state index in [-0.39, 0.29) is 6.61 Å². The van der Waals surface area contributed by atoms with Crippen molar-refractivity contribution in [2.45, 2.75) is 25.8 Å². The molecule has 0 aromatic heterocycles. The highest BCUT2D eigenvalue weighted by molar-refractivity contribution is 5.81. The molecule has 0 N–H and O–H groups in total. The second kappa shape index (κ2) is 5.92. The zero-order valence-electron chi connectivity index (χ0n) is 9.96. The zero-order chi connectivity index (χ0) is 12.7. The van der Waals surface area contributed by atoms with E-state index in [2.05, 4.69) is 10.0 Å². The molecule has 0 heterocycles. The third-order valence-electron chi connectivity index (χ3n) is 2.37. The van der Waals surface area contributed by atoms with Crippen molar-refractivity contribution in [1.82, 2.24) is 0 Å². The molecule has 17 heavy (non-hydrogen) atoms. The summed E-state index contributed by atoms with van der Waals surface area (Å²) >= 11 is 0. The highest BCUT2D eigenvalue weighted by Gasteiger charge is 2.34. The molecule has 0 fully saturated rings. The van der Waals surface area contributed by atoms with Crippen molar-refractivity contribution in [2.24, 2.45) is 5.11 Å².